The van der Waals surface area contributed by atoms with E-state index in [2.05, 4.69) is 5.92 Å². The van der Waals surface area contributed by atoms with Gasteiger partial charge in [-0.1, -0.05) is 5.92 Å². The van der Waals surface area contributed by atoms with Crippen LogP contribution in [0.2, 0.25) is 0 Å². The summed E-state index contributed by atoms with van der Waals surface area (Å²) in [6.07, 6.45) is 7.47. The Kier molecular flexibility index (Phi) is 5.16. The molecule has 15 heavy (non-hydrogen) atoms. The molecule has 0 saturated carbocycles. The van der Waals surface area contributed by atoms with Crippen LogP contribution in [-0.4, -0.2) is 31.6 Å². The van der Waals surface area contributed by atoms with Crippen LogP contribution >= 0.6 is 0 Å². The maximum absolute atomic E-state index is 10.6. The Morgan fingerprint density at radius 3 is 3.00 bits per heavy atom. The van der Waals surface area contributed by atoms with Gasteiger partial charge in [0.1, 0.15) is 6.61 Å². The molecule has 1 aliphatic heterocycles. The lowest BCUT2D eigenvalue weighted by Crippen LogP contribution is -2.30. The van der Waals surface area contributed by atoms with Gasteiger partial charge in [0.25, 0.3) is 0 Å². The van der Waals surface area contributed by atoms with E-state index in [1.54, 1.807) is 0 Å². The molecular formula is C11H16O4. The highest BCUT2D eigenvalue weighted by Crippen LogP contribution is 2.15. The van der Waals surface area contributed by atoms with Crippen molar-refractivity contribution in [3.63, 3.8) is 0 Å². The minimum absolute atomic E-state index is 0.0890. The monoisotopic (exact) mass is 212 g/mol. The van der Waals surface area contributed by atoms with Gasteiger partial charge in [0.05, 0.1) is 0 Å². The van der Waals surface area contributed by atoms with Crippen molar-refractivity contribution in [2.45, 2.75) is 38.6 Å². The maximum atomic E-state index is 10.6. The van der Waals surface area contributed by atoms with Crippen LogP contribution in [0.1, 0.15) is 26.2 Å². The zero-order chi connectivity index (χ0) is 11.1. The Morgan fingerprint density at radius 1 is 1.67 bits per heavy atom. The van der Waals surface area contributed by atoms with Crippen molar-refractivity contribution in [3.8, 4) is 12.3 Å². The van der Waals surface area contributed by atoms with E-state index in [1.165, 1.54) is 6.92 Å². The van der Waals surface area contributed by atoms with E-state index in [0.29, 0.717) is 6.61 Å². The largest absolute Gasteiger partial charge is 0.462 e. The molecule has 0 aromatic carbocycles. The third kappa shape index (κ3) is 4.82. The van der Waals surface area contributed by atoms with Crippen molar-refractivity contribution < 1.29 is 19.0 Å². The summed E-state index contributed by atoms with van der Waals surface area (Å²) in [5, 5.41) is 0. The minimum Gasteiger partial charge on any atom is -0.462 e. The summed E-state index contributed by atoms with van der Waals surface area (Å²) in [6.45, 7) is 2.13. The van der Waals surface area contributed by atoms with Gasteiger partial charge in [-0.25, -0.2) is 0 Å². The Labute approximate surface area is 89.9 Å². The number of carbonyl (C=O) groups excluding carboxylic acids is 1. The molecule has 0 radical (unpaired) electrons. The molecule has 1 saturated heterocycles. The number of terminal acetylenes is 1. The normalized spacial score (nSPS) is 22.8. The quantitative estimate of drug-likeness (QED) is 0.517. The van der Waals surface area contributed by atoms with Crippen molar-refractivity contribution in [2.24, 2.45) is 0 Å². The number of hydrogen-bond acceptors (Lipinski definition) is 4. The second-order valence-electron chi connectivity index (χ2n) is 3.39. The number of ether oxygens (including phenoxy) is 3. The third-order valence-electron chi connectivity index (χ3n) is 2.08. The minimum atomic E-state index is -0.517. The first-order valence-corrected chi connectivity index (χ1v) is 5.09. The molecular weight excluding hydrogens is 196 g/mol. The fourth-order valence-corrected chi connectivity index (χ4v) is 1.32. The fraction of sp³-hybridized carbons (Fsp3) is 0.727. The smallest absolute Gasteiger partial charge is 0.302 e. The second-order valence-corrected chi connectivity index (χ2v) is 3.39. The molecule has 4 heteroatoms. The van der Waals surface area contributed by atoms with Gasteiger partial charge in [-0.05, 0) is 19.3 Å². The van der Waals surface area contributed by atoms with E-state index in [-0.39, 0.29) is 18.9 Å². The third-order valence-corrected chi connectivity index (χ3v) is 2.08. The molecule has 2 atom stereocenters. The molecule has 0 spiro atoms. The molecule has 84 valence electrons. The van der Waals surface area contributed by atoms with Gasteiger partial charge in [0, 0.05) is 13.5 Å². The van der Waals surface area contributed by atoms with Gasteiger partial charge in [-0.3, -0.25) is 4.79 Å². The summed E-state index contributed by atoms with van der Waals surface area (Å²) in [4.78, 5) is 10.6. The lowest BCUT2D eigenvalue weighted by atomic mass is 10.2. The van der Waals surface area contributed by atoms with Gasteiger partial charge in [-0.15, -0.1) is 6.42 Å². The molecule has 0 amide bonds. The van der Waals surface area contributed by atoms with Crippen molar-refractivity contribution >= 4 is 5.97 Å². The van der Waals surface area contributed by atoms with Gasteiger partial charge >= 0.3 is 5.97 Å². The van der Waals surface area contributed by atoms with Gasteiger partial charge in [0.15, 0.2) is 12.4 Å². The highest BCUT2D eigenvalue weighted by atomic mass is 16.7. The molecule has 2 unspecified atom stereocenters. The van der Waals surface area contributed by atoms with E-state index in [0.717, 1.165) is 19.3 Å². The summed E-state index contributed by atoms with van der Waals surface area (Å²) >= 11 is 0. The first-order valence-electron chi connectivity index (χ1n) is 5.09. The van der Waals surface area contributed by atoms with E-state index < -0.39 is 6.10 Å². The van der Waals surface area contributed by atoms with Crippen LogP contribution < -0.4 is 0 Å². The molecule has 1 aliphatic rings. The van der Waals surface area contributed by atoms with Crippen LogP contribution in [0.4, 0.5) is 0 Å². The van der Waals surface area contributed by atoms with Crippen LogP contribution in [0.5, 0.6) is 0 Å². The summed E-state index contributed by atoms with van der Waals surface area (Å²) in [7, 11) is 0. The van der Waals surface area contributed by atoms with Crippen LogP contribution in [0.15, 0.2) is 0 Å². The van der Waals surface area contributed by atoms with Crippen LogP contribution in [0, 0.1) is 12.3 Å². The number of rotatable bonds is 4. The highest BCUT2D eigenvalue weighted by molar-refractivity contribution is 5.65. The summed E-state index contributed by atoms with van der Waals surface area (Å²) in [6, 6.07) is 0. The second kappa shape index (κ2) is 6.44. The first-order chi connectivity index (χ1) is 7.22. The predicted molar refractivity (Wildman–Crippen MR) is 53.9 cm³/mol. The highest BCUT2D eigenvalue weighted by Gasteiger charge is 2.19. The average molecular weight is 212 g/mol. The number of hydrogen-bond donors (Lipinski definition) is 0. The topological polar surface area (TPSA) is 44.8 Å². The van der Waals surface area contributed by atoms with E-state index >= 15 is 0 Å². The van der Waals surface area contributed by atoms with Crippen molar-refractivity contribution in [3.05, 3.63) is 0 Å². The van der Waals surface area contributed by atoms with E-state index in [4.69, 9.17) is 20.6 Å². The summed E-state index contributed by atoms with van der Waals surface area (Å²) in [5.41, 5.74) is 0. The Balaban J connectivity index is 2.26. The Morgan fingerprint density at radius 2 is 2.47 bits per heavy atom. The molecule has 0 aromatic rings. The fourth-order valence-electron chi connectivity index (χ4n) is 1.32. The Bertz CT molecular complexity index is 237. The van der Waals surface area contributed by atoms with Gasteiger partial charge in [0.2, 0.25) is 0 Å². The summed E-state index contributed by atoms with van der Waals surface area (Å²) in [5.74, 6) is 2.07. The zero-order valence-electron chi connectivity index (χ0n) is 8.90. The number of carbonyl (C=O) groups is 1. The molecule has 1 fully saturated rings. The standard InChI is InChI=1S/C11H16O4/c1-3-10(8-14-9(2)12)15-11-6-4-5-7-13-11/h1,10-11H,4-8H2,2H3. The van der Waals surface area contributed by atoms with Crippen molar-refractivity contribution in [1.82, 2.24) is 0 Å². The van der Waals surface area contributed by atoms with E-state index in [1.807, 2.05) is 0 Å². The summed E-state index contributed by atoms with van der Waals surface area (Å²) < 4.78 is 15.6. The zero-order valence-corrected chi connectivity index (χ0v) is 8.90. The molecule has 4 nitrogen and oxygen atoms in total. The van der Waals surface area contributed by atoms with E-state index in [9.17, 15) is 4.79 Å². The van der Waals surface area contributed by atoms with Crippen LogP contribution in [0.25, 0.3) is 0 Å². The molecule has 1 heterocycles. The number of esters is 1. The van der Waals surface area contributed by atoms with Gasteiger partial charge < -0.3 is 14.2 Å². The Hall–Kier alpha value is -1.05. The molecule has 0 bridgehead atoms. The van der Waals surface area contributed by atoms with Crippen molar-refractivity contribution in [2.75, 3.05) is 13.2 Å². The van der Waals surface area contributed by atoms with Gasteiger partial charge in [-0.2, -0.15) is 0 Å². The maximum Gasteiger partial charge on any atom is 0.302 e. The molecule has 1 rings (SSSR count). The van der Waals surface area contributed by atoms with Crippen LogP contribution in [-0.2, 0) is 19.0 Å². The van der Waals surface area contributed by atoms with Crippen LogP contribution in [0.3, 0.4) is 0 Å². The molecule has 0 aromatic heterocycles. The molecule has 0 aliphatic carbocycles. The molecule has 0 N–H and O–H groups in total. The SMILES string of the molecule is C#CC(COC(C)=O)OC1CCCCO1. The predicted octanol–water partition coefficient (Wildman–Crippen LogP) is 1.09. The first kappa shape index (κ1) is 12.0. The lowest BCUT2D eigenvalue weighted by Gasteiger charge is -2.25. The van der Waals surface area contributed by atoms with Crippen molar-refractivity contribution in [1.29, 1.82) is 0 Å². The average Bonchev–Trinajstić information content (AvgIpc) is 2.25. The lowest BCUT2D eigenvalue weighted by molar-refractivity contribution is -0.187.